The Hall–Kier alpha value is -2.58. The molecule has 0 unspecified atom stereocenters. The molecule has 184 valence electrons. The van der Waals surface area contributed by atoms with Crippen molar-refractivity contribution in [1.29, 1.82) is 0 Å². The number of hydrogen-bond acceptors (Lipinski definition) is 3. The van der Waals surface area contributed by atoms with Gasteiger partial charge in [0.25, 0.3) is 17.5 Å². The maximum atomic E-state index is 14.4. The van der Waals surface area contributed by atoms with Gasteiger partial charge < -0.3 is 5.32 Å². The van der Waals surface area contributed by atoms with Gasteiger partial charge in [-0.1, -0.05) is 24.6 Å². The predicted molar refractivity (Wildman–Crippen MR) is 117 cm³/mol. The third-order valence-electron chi connectivity index (χ3n) is 8.55. The summed E-state index contributed by atoms with van der Waals surface area (Å²) in [5, 5.41) is 3.70. The Labute approximate surface area is 196 Å². The average molecular weight is 478 g/mol. The van der Waals surface area contributed by atoms with Gasteiger partial charge in [0, 0.05) is 11.6 Å². The largest absolute Gasteiger partial charge is 0.440 e. The molecule has 4 aliphatic carbocycles. The van der Waals surface area contributed by atoms with Crippen molar-refractivity contribution in [3.05, 3.63) is 35.4 Å². The first-order valence-electron chi connectivity index (χ1n) is 12.1. The summed E-state index contributed by atoms with van der Waals surface area (Å²) in [4.78, 5) is 40.2. The molecule has 1 aliphatic heterocycles. The van der Waals surface area contributed by atoms with Crippen LogP contribution in [0.5, 0.6) is 0 Å². The van der Waals surface area contributed by atoms with E-state index >= 15 is 0 Å². The molecule has 1 aromatic carbocycles. The van der Waals surface area contributed by atoms with Crippen molar-refractivity contribution in [2.75, 3.05) is 0 Å². The van der Waals surface area contributed by atoms with Crippen LogP contribution < -0.4 is 10.6 Å². The first kappa shape index (κ1) is 23.2. The molecule has 4 amide bonds. The number of hydrogen-bond donors (Lipinski definition) is 2. The van der Waals surface area contributed by atoms with E-state index in [0.717, 1.165) is 43.4 Å². The van der Waals surface area contributed by atoms with Crippen LogP contribution >= 0.6 is 0 Å². The van der Waals surface area contributed by atoms with E-state index < -0.39 is 35.7 Å². The zero-order valence-electron chi connectivity index (χ0n) is 19.4. The highest BCUT2D eigenvalue weighted by Crippen LogP contribution is 2.62. The van der Waals surface area contributed by atoms with Crippen LogP contribution in [0.15, 0.2) is 24.3 Å². The molecule has 4 saturated carbocycles. The molecular formula is C25H30F3N3O3. The number of benzene rings is 1. The van der Waals surface area contributed by atoms with Gasteiger partial charge in [-0.05, 0) is 87.2 Å². The molecule has 0 aromatic heterocycles. The minimum atomic E-state index is -5.21. The van der Waals surface area contributed by atoms with Gasteiger partial charge in [0.2, 0.25) is 0 Å². The van der Waals surface area contributed by atoms with Crippen molar-refractivity contribution in [3.63, 3.8) is 0 Å². The highest BCUT2D eigenvalue weighted by atomic mass is 19.4. The number of alkyl halides is 3. The summed E-state index contributed by atoms with van der Waals surface area (Å²) < 4.78 is 43.3. The molecule has 5 fully saturated rings. The maximum absolute atomic E-state index is 14.4. The predicted octanol–water partition coefficient (Wildman–Crippen LogP) is 4.53. The minimum absolute atomic E-state index is 0.0164. The van der Waals surface area contributed by atoms with E-state index in [1.165, 1.54) is 12.1 Å². The smallest absolute Gasteiger partial charge is 0.314 e. The van der Waals surface area contributed by atoms with E-state index in [2.05, 4.69) is 0 Å². The Morgan fingerprint density at radius 2 is 1.74 bits per heavy atom. The highest BCUT2D eigenvalue weighted by molar-refractivity contribution is 6.10. The summed E-state index contributed by atoms with van der Waals surface area (Å²) >= 11 is 0. The van der Waals surface area contributed by atoms with Crippen molar-refractivity contribution >= 4 is 17.8 Å². The normalized spacial score (nSPS) is 35.4. The molecule has 0 spiro atoms. The van der Waals surface area contributed by atoms with Crippen LogP contribution in [0.1, 0.15) is 67.8 Å². The molecule has 2 N–H and O–H groups in total. The Morgan fingerprint density at radius 3 is 2.24 bits per heavy atom. The van der Waals surface area contributed by atoms with Crippen LogP contribution in [0.25, 0.3) is 0 Å². The summed E-state index contributed by atoms with van der Waals surface area (Å²) in [6.45, 7) is 3.53. The molecule has 34 heavy (non-hydrogen) atoms. The molecule has 6 rings (SSSR count). The number of carbonyl (C=O) groups excluding carboxylic acids is 3. The Bertz CT molecular complexity index is 1000. The number of aryl methyl sites for hydroxylation is 1. The first-order valence-corrected chi connectivity index (χ1v) is 12.1. The lowest BCUT2D eigenvalue weighted by molar-refractivity contribution is -0.202. The molecule has 1 aromatic rings. The summed E-state index contributed by atoms with van der Waals surface area (Å²) in [5.74, 6) is -0.980. The fraction of sp³-hybridized carbons (Fsp3) is 0.640. The fourth-order valence-corrected chi connectivity index (χ4v) is 7.68. The summed E-state index contributed by atoms with van der Waals surface area (Å²) in [7, 11) is 0. The highest BCUT2D eigenvalue weighted by Gasteiger charge is 2.71. The number of amides is 4. The summed E-state index contributed by atoms with van der Waals surface area (Å²) in [6, 6.07) is 4.34. The maximum Gasteiger partial charge on any atom is 0.440 e. The quantitative estimate of drug-likeness (QED) is 0.612. The van der Waals surface area contributed by atoms with Crippen LogP contribution in [0, 0.1) is 30.1 Å². The van der Waals surface area contributed by atoms with Gasteiger partial charge in [-0.15, -0.1) is 0 Å². The van der Waals surface area contributed by atoms with Gasteiger partial charge >= 0.3 is 12.2 Å². The van der Waals surface area contributed by atoms with Crippen LogP contribution in [-0.2, 0) is 4.79 Å². The molecule has 6 nitrogen and oxygen atoms in total. The first-order chi connectivity index (χ1) is 16.0. The second-order valence-corrected chi connectivity index (χ2v) is 10.9. The van der Waals surface area contributed by atoms with E-state index in [4.69, 9.17) is 0 Å². The van der Waals surface area contributed by atoms with Crippen LogP contribution in [0.2, 0.25) is 0 Å². The Morgan fingerprint density at radius 1 is 1.15 bits per heavy atom. The van der Waals surface area contributed by atoms with Gasteiger partial charge in [-0.3, -0.25) is 19.8 Å². The zero-order chi connectivity index (χ0) is 24.5. The number of nitrogens with zero attached hydrogens (tertiary/aromatic N) is 1. The average Bonchev–Trinajstić information content (AvgIpc) is 2.98. The SMILES string of the molecule is CC[C@H](N1C(=O)N[C@](NC(=O)c2cccc(C)c2)(C(F)(F)F)C1=O)C12CC3CC(CC(C3)C1)C2. The number of urea groups is 1. The summed E-state index contributed by atoms with van der Waals surface area (Å²) in [5.41, 5.74) is -3.17. The molecule has 5 aliphatic rings. The number of rotatable bonds is 5. The number of nitrogens with one attached hydrogen (secondary N) is 2. The molecule has 0 radical (unpaired) electrons. The number of imide groups is 1. The van der Waals surface area contributed by atoms with Crippen LogP contribution in [0.4, 0.5) is 18.0 Å². The van der Waals surface area contributed by atoms with Gasteiger partial charge in [-0.25, -0.2) is 4.79 Å². The Balaban J connectivity index is 1.48. The van der Waals surface area contributed by atoms with E-state index in [-0.39, 0.29) is 11.0 Å². The number of carbonyl (C=O) groups is 3. The monoisotopic (exact) mass is 477 g/mol. The van der Waals surface area contributed by atoms with Crippen molar-refractivity contribution in [3.8, 4) is 0 Å². The summed E-state index contributed by atoms with van der Waals surface area (Å²) in [6.07, 6.45) is 1.08. The second kappa shape index (κ2) is 7.71. The topological polar surface area (TPSA) is 78.5 Å². The molecule has 2 atom stereocenters. The molecule has 9 heteroatoms. The zero-order valence-corrected chi connectivity index (χ0v) is 19.4. The lowest BCUT2D eigenvalue weighted by Crippen LogP contribution is -2.70. The van der Waals surface area contributed by atoms with Gasteiger partial charge in [0.15, 0.2) is 0 Å². The van der Waals surface area contributed by atoms with Crippen molar-refractivity contribution < 1.29 is 27.6 Å². The fourth-order valence-electron chi connectivity index (χ4n) is 7.68. The minimum Gasteiger partial charge on any atom is -0.314 e. The molecule has 1 saturated heterocycles. The molecular weight excluding hydrogens is 447 g/mol. The van der Waals surface area contributed by atoms with Crippen molar-refractivity contribution in [2.45, 2.75) is 76.7 Å². The van der Waals surface area contributed by atoms with Gasteiger partial charge in [-0.2, -0.15) is 13.2 Å². The Kier molecular flexibility index (Phi) is 5.26. The number of halogens is 3. The molecule has 4 bridgehead atoms. The van der Waals surface area contributed by atoms with E-state index in [0.29, 0.717) is 29.7 Å². The second-order valence-electron chi connectivity index (χ2n) is 10.9. The van der Waals surface area contributed by atoms with E-state index in [1.54, 1.807) is 19.1 Å². The van der Waals surface area contributed by atoms with Crippen molar-refractivity contribution in [1.82, 2.24) is 15.5 Å². The van der Waals surface area contributed by atoms with Gasteiger partial charge in [0.1, 0.15) is 0 Å². The van der Waals surface area contributed by atoms with Gasteiger partial charge in [0.05, 0.1) is 0 Å². The third kappa shape index (κ3) is 3.41. The van der Waals surface area contributed by atoms with Crippen molar-refractivity contribution in [2.24, 2.45) is 23.2 Å². The molecule has 1 heterocycles. The third-order valence-corrected chi connectivity index (χ3v) is 8.55. The van der Waals surface area contributed by atoms with Crippen LogP contribution in [-0.4, -0.2) is 40.6 Å². The van der Waals surface area contributed by atoms with E-state index in [1.807, 2.05) is 17.6 Å². The van der Waals surface area contributed by atoms with E-state index in [9.17, 15) is 27.6 Å². The lowest BCUT2D eigenvalue weighted by Gasteiger charge is -2.60. The van der Waals surface area contributed by atoms with Crippen LogP contribution in [0.3, 0.4) is 0 Å². The lowest BCUT2D eigenvalue weighted by atomic mass is 9.47. The standard InChI is InChI=1S/C25H30F3N3O3/c1-3-19(23-11-15-8-16(12-23)10-17(9-15)13-23)31-21(33)24(25(26,27)28,30-22(31)34)29-20(32)18-6-4-5-14(2)7-18/h4-7,15-17,19H,3,8-13H2,1-2H3,(H,29,32)(H,30,34)/t15?,16?,17?,19-,23?,24-/m0/s1.